The van der Waals surface area contributed by atoms with Crippen molar-refractivity contribution in [1.29, 1.82) is 0 Å². The summed E-state index contributed by atoms with van der Waals surface area (Å²) >= 11 is 5.87. The van der Waals surface area contributed by atoms with Crippen LogP contribution in [0.2, 0.25) is 5.02 Å². The molecule has 1 N–H and O–H groups in total. The van der Waals surface area contributed by atoms with Gasteiger partial charge in [-0.3, -0.25) is 0 Å². The van der Waals surface area contributed by atoms with Gasteiger partial charge in [-0.1, -0.05) is 23.7 Å². The minimum atomic E-state index is -3.73. The highest BCUT2D eigenvalue weighted by atomic mass is 35.5. The zero-order valence-corrected chi connectivity index (χ0v) is 12.4. The molecule has 5 nitrogen and oxygen atoms in total. The normalized spacial score (nSPS) is 12.0. The first-order valence-electron chi connectivity index (χ1n) is 5.84. The molecule has 0 aliphatic carbocycles. The molecule has 0 aliphatic rings. The topological polar surface area (TPSA) is 70.8 Å². The average molecular weight is 316 g/mol. The third-order valence-corrected chi connectivity index (χ3v) is 4.66. The van der Waals surface area contributed by atoms with Crippen molar-refractivity contribution in [3.8, 4) is 0 Å². The zero-order chi connectivity index (χ0) is 14.8. The predicted molar refractivity (Wildman–Crippen MR) is 74.7 cm³/mol. The highest BCUT2D eigenvalue weighted by Crippen LogP contribution is 2.20. The minimum Gasteiger partial charge on any atom is -0.446 e. The second kappa shape index (κ2) is 5.97. The Morgan fingerprint density at radius 2 is 2.05 bits per heavy atom. The molecule has 0 fully saturated rings. The van der Waals surface area contributed by atoms with E-state index in [1.807, 2.05) is 0 Å². The fraction of sp³-hybridized carbons (Fsp3) is 0.231. The Morgan fingerprint density at radius 1 is 1.30 bits per heavy atom. The van der Waals surface area contributed by atoms with Crippen LogP contribution >= 0.6 is 11.6 Å². The van der Waals surface area contributed by atoms with Crippen molar-refractivity contribution in [3.63, 3.8) is 0 Å². The Bertz CT molecular complexity index is 696. The van der Waals surface area contributed by atoms with Gasteiger partial charge in [0, 0.05) is 18.6 Å². The molecular weight excluding hydrogens is 302 g/mol. The second-order valence-corrected chi connectivity index (χ2v) is 6.68. The largest absolute Gasteiger partial charge is 0.446 e. The summed E-state index contributed by atoms with van der Waals surface area (Å²) in [5.74, 6) is 0.208. The highest BCUT2D eigenvalue weighted by Gasteiger charge is 2.24. The molecule has 2 aromatic rings. The number of rotatable bonds is 5. The maximum Gasteiger partial charge on any atom is 0.276 e. The molecule has 0 saturated heterocycles. The van der Waals surface area contributed by atoms with Crippen LogP contribution in [-0.2, 0) is 23.2 Å². The van der Waals surface area contributed by atoms with E-state index in [0.717, 1.165) is 5.56 Å². The van der Waals surface area contributed by atoms with E-state index in [-0.39, 0.29) is 24.0 Å². The first-order chi connectivity index (χ1) is 9.43. The molecule has 1 heterocycles. The van der Waals surface area contributed by atoms with E-state index in [2.05, 4.69) is 0 Å². The van der Waals surface area contributed by atoms with E-state index in [9.17, 15) is 8.42 Å². The van der Waals surface area contributed by atoms with E-state index in [1.54, 1.807) is 24.3 Å². The van der Waals surface area contributed by atoms with Crippen molar-refractivity contribution in [2.24, 2.45) is 0 Å². The van der Waals surface area contributed by atoms with Crippen LogP contribution in [0, 0.1) is 0 Å². The van der Waals surface area contributed by atoms with E-state index in [4.69, 9.17) is 21.1 Å². The standard InChI is InChI=1S/C13H14ClNO4S/c1-15(8-10-3-2-4-11(14)7-10)20(17,18)13-6-5-12(9-16)19-13/h2-7,16H,8-9H2,1H3. The third kappa shape index (κ3) is 3.21. The number of hydrogen-bond donors (Lipinski definition) is 1. The van der Waals surface area contributed by atoms with Crippen molar-refractivity contribution >= 4 is 21.6 Å². The lowest BCUT2D eigenvalue weighted by atomic mass is 10.2. The Labute approximate surface area is 122 Å². The maximum absolute atomic E-state index is 12.3. The minimum absolute atomic E-state index is 0.179. The lowest BCUT2D eigenvalue weighted by Crippen LogP contribution is -2.26. The quantitative estimate of drug-likeness (QED) is 0.918. The summed E-state index contributed by atoms with van der Waals surface area (Å²) in [6, 6.07) is 9.73. The van der Waals surface area contributed by atoms with Crippen molar-refractivity contribution in [2.75, 3.05) is 7.05 Å². The van der Waals surface area contributed by atoms with Crippen LogP contribution < -0.4 is 0 Å². The summed E-state index contributed by atoms with van der Waals surface area (Å²) in [6.07, 6.45) is 0. The zero-order valence-electron chi connectivity index (χ0n) is 10.8. The summed E-state index contributed by atoms with van der Waals surface area (Å²) in [4.78, 5) is 0. The van der Waals surface area contributed by atoms with Gasteiger partial charge in [-0.05, 0) is 29.8 Å². The SMILES string of the molecule is CN(Cc1cccc(Cl)c1)S(=O)(=O)c1ccc(CO)o1. The second-order valence-electron chi connectivity index (χ2n) is 4.27. The van der Waals surface area contributed by atoms with Crippen LogP contribution in [0.3, 0.4) is 0 Å². The summed E-state index contributed by atoms with van der Waals surface area (Å²) in [5.41, 5.74) is 0.775. The van der Waals surface area contributed by atoms with Crippen LogP contribution in [0.25, 0.3) is 0 Å². The van der Waals surface area contributed by atoms with Crippen LogP contribution in [0.5, 0.6) is 0 Å². The van der Waals surface area contributed by atoms with Gasteiger partial charge in [-0.2, -0.15) is 4.31 Å². The number of sulfonamides is 1. The molecule has 0 bridgehead atoms. The number of nitrogens with zero attached hydrogens (tertiary/aromatic N) is 1. The smallest absolute Gasteiger partial charge is 0.276 e. The molecule has 0 saturated carbocycles. The Kier molecular flexibility index (Phi) is 4.49. The predicted octanol–water partition coefficient (Wildman–Crippen LogP) is 2.25. The molecule has 1 aromatic carbocycles. The van der Waals surface area contributed by atoms with E-state index < -0.39 is 10.0 Å². The first-order valence-corrected chi connectivity index (χ1v) is 7.65. The number of aliphatic hydroxyl groups is 1. The van der Waals surface area contributed by atoms with Gasteiger partial charge in [-0.25, -0.2) is 8.42 Å². The number of halogens is 1. The molecule has 0 unspecified atom stereocenters. The molecule has 20 heavy (non-hydrogen) atoms. The number of furan rings is 1. The van der Waals surface area contributed by atoms with Crippen molar-refractivity contribution in [2.45, 2.75) is 18.2 Å². The molecule has 0 radical (unpaired) electrons. The van der Waals surface area contributed by atoms with Crippen molar-refractivity contribution in [3.05, 3.63) is 52.7 Å². The third-order valence-electron chi connectivity index (χ3n) is 2.75. The number of benzene rings is 1. The van der Waals surface area contributed by atoms with Crippen molar-refractivity contribution < 1.29 is 17.9 Å². The van der Waals surface area contributed by atoms with Gasteiger partial charge in [0.2, 0.25) is 5.09 Å². The van der Waals surface area contributed by atoms with E-state index >= 15 is 0 Å². The van der Waals surface area contributed by atoms with Gasteiger partial charge in [-0.15, -0.1) is 0 Å². The molecule has 2 rings (SSSR count). The summed E-state index contributed by atoms with van der Waals surface area (Å²) in [5, 5.41) is 9.27. The van der Waals surface area contributed by atoms with Gasteiger partial charge in [0.1, 0.15) is 12.4 Å². The fourth-order valence-corrected chi connectivity index (χ4v) is 3.00. The Balaban J connectivity index is 2.21. The van der Waals surface area contributed by atoms with Gasteiger partial charge < -0.3 is 9.52 Å². The summed E-state index contributed by atoms with van der Waals surface area (Å²) in [6.45, 7) is -0.161. The molecule has 1 aromatic heterocycles. The van der Waals surface area contributed by atoms with Gasteiger partial charge >= 0.3 is 0 Å². The molecule has 0 spiro atoms. The molecule has 0 amide bonds. The highest BCUT2D eigenvalue weighted by molar-refractivity contribution is 7.88. The van der Waals surface area contributed by atoms with Crippen LogP contribution in [0.1, 0.15) is 11.3 Å². The van der Waals surface area contributed by atoms with E-state index in [0.29, 0.717) is 5.02 Å². The first kappa shape index (κ1) is 15.1. The number of hydrogen-bond acceptors (Lipinski definition) is 4. The Morgan fingerprint density at radius 3 is 2.65 bits per heavy atom. The van der Waals surface area contributed by atoms with Crippen LogP contribution in [0.4, 0.5) is 0 Å². The summed E-state index contributed by atoms with van der Waals surface area (Å²) in [7, 11) is -2.27. The molecule has 108 valence electrons. The fourth-order valence-electron chi connectivity index (χ4n) is 1.71. The van der Waals surface area contributed by atoms with Crippen LogP contribution in [-0.4, -0.2) is 24.9 Å². The van der Waals surface area contributed by atoms with Gasteiger partial charge in [0.05, 0.1) is 0 Å². The Hall–Kier alpha value is -1.34. The number of aliphatic hydroxyl groups excluding tert-OH is 1. The maximum atomic E-state index is 12.3. The lowest BCUT2D eigenvalue weighted by Gasteiger charge is -2.15. The van der Waals surface area contributed by atoms with Gasteiger partial charge in [0.25, 0.3) is 10.0 Å². The lowest BCUT2D eigenvalue weighted by molar-refractivity contribution is 0.235. The average Bonchev–Trinajstić information content (AvgIpc) is 2.88. The van der Waals surface area contributed by atoms with Gasteiger partial charge in [0.15, 0.2) is 0 Å². The molecule has 0 atom stereocenters. The molecule has 7 heteroatoms. The van der Waals surface area contributed by atoms with E-state index in [1.165, 1.54) is 23.5 Å². The molecule has 0 aliphatic heterocycles. The van der Waals surface area contributed by atoms with Crippen molar-refractivity contribution in [1.82, 2.24) is 4.31 Å². The monoisotopic (exact) mass is 315 g/mol. The summed E-state index contributed by atoms with van der Waals surface area (Å²) < 4.78 is 30.8. The van der Waals surface area contributed by atoms with Crippen LogP contribution in [0.15, 0.2) is 45.9 Å². The molecular formula is C13H14ClNO4S.